The highest BCUT2D eigenvalue weighted by Crippen LogP contribution is 2.19. The summed E-state index contributed by atoms with van der Waals surface area (Å²) in [7, 11) is 1.88. The quantitative estimate of drug-likeness (QED) is 0.778. The number of rotatable bonds is 4. The molecule has 1 amide bonds. The van der Waals surface area contributed by atoms with Crippen LogP contribution >= 0.6 is 0 Å². The van der Waals surface area contributed by atoms with E-state index in [1.807, 2.05) is 24.3 Å². The van der Waals surface area contributed by atoms with Crippen LogP contribution in [0.1, 0.15) is 18.4 Å². The van der Waals surface area contributed by atoms with E-state index in [9.17, 15) is 4.79 Å². The topological polar surface area (TPSA) is 84.1 Å². The zero-order valence-corrected chi connectivity index (χ0v) is 10.6. The third kappa shape index (κ3) is 2.95. The van der Waals surface area contributed by atoms with Crippen molar-refractivity contribution in [2.75, 3.05) is 25.0 Å². The van der Waals surface area contributed by atoms with Gasteiger partial charge in [-0.1, -0.05) is 0 Å². The SMILES string of the molecule is CNCc1cnc(N2CCCC(C(N)=O)C2)nc1. The first-order valence-corrected chi connectivity index (χ1v) is 6.20. The van der Waals surface area contributed by atoms with Crippen LogP contribution < -0.4 is 16.0 Å². The van der Waals surface area contributed by atoms with Crippen molar-refractivity contribution in [1.29, 1.82) is 0 Å². The van der Waals surface area contributed by atoms with Crippen molar-refractivity contribution in [3.05, 3.63) is 18.0 Å². The molecule has 6 heteroatoms. The number of hydrogen-bond acceptors (Lipinski definition) is 5. The molecular formula is C12H19N5O. The van der Waals surface area contributed by atoms with Crippen LogP contribution in [0.3, 0.4) is 0 Å². The third-order valence-corrected chi connectivity index (χ3v) is 3.18. The maximum Gasteiger partial charge on any atom is 0.225 e. The van der Waals surface area contributed by atoms with Crippen LogP contribution in [0, 0.1) is 5.92 Å². The van der Waals surface area contributed by atoms with Crippen LogP contribution in [0.5, 0.6) is 0 Å². The first kappa shape index (κ1) is 12.8. The minimum Gasteiger partial charge on any atom is -0.369 e. The molecule has 1 saturated heterocycles. The molecule has 18 heavy (non-hydrogen) atoms. The van der Waals surface area contributed by atoms with Gasteiger partial charge in [0.15, 0.2) is 0 Å². The van der Waals surface area contributed by atoms with Crippen molar-refractivity contribution in [2.24, 2.45) is 11.7 Å². The second-order valence-corrected chi connectivity index (χ2v) is 4.61. The Kier molecular flexibility index (Phi) is 4.09. The number of anilines is 1. The molecule has 0 aromatic carbocycles. The summed E-state index contributed by atoms with van der Waals surface area (Å²) >= 11 is 0. The van der Waals surface area contributed by atoms with E-state index in [1.165, 1.54) is 0 Å². The smallest absolute Gasteiger partial charge is 0.225 e. The predicted octanol–water partition coefficient (Wildman–Crippen LogP) is -0.102. The van der Waals surface area contributed by atoms with Crippen LogP contribution in [0.4, 0.5) is 5.95 Å². The third-order valence-electron chi connectivity index (χ3n) is 3.18. The lowest BCUT2D eigenvalue weighted by Gasteiger charge is -2.31. The number of nitrogens with one attached hydrogen (secondary N) is 1. The molecule has 1 atom stereocenters. The fraction of sp³-hybridized carbons (Fsp3) is 0.583. The van der Waals surface area contributed by atoms with E-state index < -0.39 is 0 Å². The minimum atomic E-state index is -0.230. The van der Waals surface area contributed by atoms with Crippen molar-refractivity contribution >= 4 is 11.9 Å². The number of primary amides is 1. The molecule has 6 nitrogen and oxygen atoms in total. The van der Waals surface area contributed by atoms with Crippen molar-refractivity contribution in [3.8, 4) is 0 Å². The average Bonchev–Trinajstić information content (AvgIpc) is 2.40. The number of amides is 1. The summed E-state index contributed by atoms with van der Waals surface area (Å²) in [5, 5.41) is 3.05. The first-order valence-electron chi connectivity index (χ1n) is 6.20. The van der Waals surface area contributed by atoms with Gasteiger partial charge in [0, 0.05) is 37.6 Å². The normalized spacial score (nSPS) is 19.8. The van der Waals surface area contributed by atoms with Gasteiger partial charge in [0.1, 0.15) is 0 Å². The fourth-order valence-corrected chi connectivity index (χ4v) is 2.20. The summed E-state index contributed by atoms with van der Waals surface area (Å²) in [5.74, 6) is 0.367. The molecule has 0 radical (unpaired) electrons. The second kappa shape index (κ2) is 5.77. The van der Waals surface area contributed by atoms with Gasteiger partial charge in [0.05, 0.1) is 5.92 Å². The highest BCUT2D eigenvalue weighted by Gasteiger charge is 2.25. The lowest BCUT2D eigenvalue weighted by Crippen LogP contribution is -2.41. The number of piperidine rings is 1. The van der Waals surface area contributed by atoms with Crippen LogP contribution in [0.15, 0.2) is 12.4 Å². The number of aromatic nitrogens is 2. The summed E-state index contributed by atoms with van der Waals surface area (Å²) in [5.41, 5.74) is 6.40. The molecule has 0 spiro atoms. The molecular weight excluding hydrogens is 230 g/mol. The molecule has 1 unspecified atom stereocenters. The molecule has 0 saturated carbocycles. The van der Waals surface area contributed by atoms with E-state index in [0.717, 1.165) is 31.5 Å². The van der Waals surface area contributed by atoms with Gasteiger partial charge in [-0.15, -0.1) is 0 Å². The molecule has 0 bridgehead atoms. The molecule has 98 valence electrons. The highest BCUT2D eigenvalue weighted by atomic mass is 16.1. The number of hydrogen-bond donors (Lipinski definition) is 2. The van der Waals surface area contributed by atoms with Crippen molar-refractivity contribution in [3.63, 3.8) is 0 Å². The number of nitrogens with two attached hydrogens (primary N) is 1. The molecule has 1 aromatic rings. The molecule has 2 rings (SSSR count). The van der Waals surface area contributed by atoms with Gasteiger partial charge < -0.3 is 16.0 Å². The summed E-state index contributed by atoms with van der Waals surface area (Å²) in [6.45, 7) is 2.26. The maximum atomic E-state index is 11.2. The van der Waals surface area contributed by atoms with Gasteiger partial charge in [0.2, 0.25) is 11.9 Å². The van der Waals surface area contributed by atoms with Crippen molar-refractivity contribution in [1.82, 2.24) is 15.3 Å². The Morgan fingerprint density at radius 3 is 2.89 bits per heavy atom. The van der Waals surface area contributed by atoms with Gasteiger partial charge in [-0.25, -0.2) is 9.97 Å². The van der Waals surface area contributed by atoms with Crippen LogP contribution in [0.25, 0.3) is 0 Å². The average molecular weight is 249 g/mol. The van der Waals surface area contributed by atoms with Gasteiger partial charge in [0.25, 0.3) is 0 Å². The molecule has 0 aliphatic carbocycles. The van der Waals surface area contributed by atoms with E-state index >= 15 is 0 Å². The Morgan fingerprint density at radius 1 is 1.56 bits per heavy atom. The lowest BCUT2D eigenvalue weighted by atomic mass is 9.98. The molecule has 3 N–H and O–H groups in total. The standard InChI is InChI=1S/C12H19N5O/c1-14-5-9-6-15-12(16-7-9)17-4-2-3-10(8-17)11(13)18/h6-7,10,14H,2-5,8H2,1H3,(H2,13,18). The Balaban J connectivity index is 2.04. The minimum absolute atomic E-state index is 0.0839. The van der Waals surface area contributed by atoms with Crippen LogP contribution in [-0.4, -0.2) is 36.0 Å². The number of carbonyl (C=O) groups is 1. The Labute approximate surface area is 107 Å². The molecule has 1 fully saturated rings. The predicted molar refractivity (Wildman–Crippen MR) is 68.9 cm³/mol. The maximum absolute atomic E-state index is 11.2. The fourth-order valence-electron chi connectivity index (χ4n) is 2.20. The van der Waals surface area contributed by atoms with Gasteiger partial charge >= 0.3 is 0 Å². The zero-order chi connectivity index (χ0) is 13.0. The zero-order valence-electron chi connectivity index (χ0n) is 10.6. The lowest BCUT2D eigenvalue weighted by molar-refractivity contribution is -0.122. The van der Waals surface area contributed by atoms with Gasteiger partial charge in [-0.2, -0.15) is 0 Å². The van der Waals surface area contributed by atoms with E-state index in [-0.39, 0.29) is 11.8 Å². The summed E-state index contributed by atoms with van der Waals surface area (Å²) in [6.07, 6.45) is 5.44. The van der Waals surface area contributed by atoms with Crippen LogP contribution in [0.2, 0.25) is 0 Å². The molecule has 1 aliphatic heterocycles. The Morgan fingerprint density at radius 2 is 2.28 bits per heavy atom. The van der Waals surface area contributed by atoms with Crippen LogP contribution in [-0.2, 0) is 11.3 Å². The second-order valence-electron chi connectivity index (χ2n) is 4.61. The first-order chi connectivity index (χ1) is 8.70. The van der Waals surface area contributed by atoms with E-state index in [2.05, 4.69) is 15.3 Å². The van der Waals surface area contributed by atoms with Gasteiger partial charge in [-0.05, 0) is 19.9 Å². The summed E-state index contributed by atoms with van der Waals surface area (Å²) in [4.78, 5) is 21.9. The van der Waals surface area contributed by atoms with Crippen molar-refractivity contribution < 1.29 is 4.79 Å². The van der Waals surface area contributed by atoms with E-state index in [1.54, 1.807) is 0 Å². The summed E-state index contributed by atoms with van der Waals surface area (Å²) in [6, 6.07) is 0. The largest absolute Gasteiger partial charge is 0.369 e. The Hall–Kier alpha value is -1.69. The Bertz CT molecular complexity index is 405. The van der Waals surface area contributed by atoms with Crippen molar-refractivity contribution in [2.45, 2.75) is 19.4 Å². The van der Waals surface area contributed by atoms with Gasteiger partial charge in [-0.3, -0.25) is 4.79 Å². The summed E-state index contributed by atoms with van der Waals surface area (Å²) < 4.78 is 0. The molecule has 1 aromatic heterocycles. The van der Waals surface area contributed by atoms with E-state index in [0.29, 0.717) is 12.5 Å². The molecule has 2 heterocycles. The molecule has 1 aliphatic rings. The number of carbonyl (C=O) groups excluding carboxylic acids is 1. The van der Waals surface area contributed by atoms with E-state index in [4.69, 9.17) is 5.73 Å². The highest BCUT2D eigenvalue weighted by molar-refractivity contribution is 5.77. The number of nitrogens with zero attached hydrogens (tertiary/aromatic N) is 3. The monoisotopic (exact) mass is 249 g/mol.